The second-order valence-corrected chi connectivity index (χ2v) is 7.04. The minimum absolute atomic E-state index is 0.0933. The molecule has 1 saturated heterocycles. The number of amides is 2. The number of nitrogens with zero attached hydrogens (tertiary/aromatic N) is 1. The Morgan fingerprint density at radius 3 is 2.65 bits per heavy atom. The Morgan fingerprint density at radius 1 is 1.13 bits per heavy atom. The Labute approximate surface area is 181 Å². The molecule has 2 aliphatic heterocycles. The second-order valence-electron chi connectivity index (χ2n) is 6.64. The lowest BCUT2D eigenvalue weighted by atomic mass is 10.2. The van der Waals surface area contributed by atoms with E-state index in [4.69, 9.17) is 25.8 Å². The quantitative estimate of drug-likeness (QED) is 0.695. The number of hydrogen-bond donors (Lipinski definition) is 2. The van der Waals surface area contributed by atoms with Gasteiger partial charge in [-0.3, -0.25) is 4.90 Å². The van der Waals surface area contributed by atoms with E-state index in [9.17, 15) is 13.6 Å². The van der Waals surface area contributed by atoms with Gasteiger partial charge in [0.15, 0.2) is 23.1 Å². The number of rotatable bonds is 6. The zero-order chi connectivity index (χ0) is 22.1. The summed E-state index contributed by atoms with van der Waals surface area (Å²) in [7, 11) is 2.76. The lowest BCUT2D eigenvalue weighted by molar-refractivity contribution is 0.252. The summed E-state index contributed by atoms with van der Waals surface area (Å²) in [4.78, 5) is 14.0. The van der Waals surface area contributed by atoms with Crippen molar-refractivity contribution < 1.29 is 27.8 Å². The number of benzene rings is 2. The zero-order valence-corrected chi connectivity index (χ0v) is 17.3. The lowest BCUT2D eigenvalue weighted by Gasteiger charge is -2.26. The second kappa shape index (κ2) is 8.35. The Kier molecular flexibility index (Phi) is 5.60. The van der Waals surface area contributed by atoms with Gasteiger partial charge in [-0.05, 0) is 30.5 Å². The first-order valence-corrected chi connectivity index (χ1v) is 9.56. The fourth-order valence-corrected chi connectivity index (χ4v) is 3.63. The molecule has 1 fully saturated rings. The van der Waals surface area contributed by atoms with E-state index in [2.05, 4.69) is 10.6 Å². The highest BCUT2D eigenvalue weighted by atomic mass is 35.5. The van der Waals surface area contributed by atoms with Crippen LogP contribution < -0.4 is 29.7 Å². The molecule has 0 spiro atoms. The highest BCUT2D eigenvalue weighted by Crippen LogP contribution is 2.41. The number of halogens is 3. The third-order valence-corrected chi connectivity index (χ3v) is 5.19. The number of carbonyl (C=O) groups is 1. The maximum Gasteiger partial charge on any atom is 0.328 e. The first-order valence-electron chi connectivity index (χ1n) is 9.18. The van der Waals surface area contributed by atoms with E-state index in [0.717, 1.165) is 6.07 Å². The topological polar surface area (TPSA) is 72.1 Å². The van der Waals surface area contributed by atoms with Gasteiger partial charge in [0.05, 0.1) is 36.2 Å². The molecule has 1 atom stereocenters. The van der Waals surface area contributed by atoms with Crippen molar-refractivity contribution in [2.24, 2.45) is 0 Å². The van der Waals surface area contributed by atoms with Crippen LogP contribution in [0, 0.1) is 11.6 Å². The van der Waals surface area contributed by atoms with Gasteiger partial charge in [-0.15, -0.1) is 0 Å². The summed E-state index contributed by atoms with van der Waals surface area (Å²) < 4.78 is 44.1. The fourth-order valence-electron chi connectivity index (χ4n) is 3.38. The molecule has 162 valence electrons. The van der Waals surface area contributed by atoms with Crippen molar-refractivity contribution in [2.45, 2.75) is 12.8 Å². The lowest BCUT2D eigenvalue weighted by Crippen LogP contribution is -2.42. The normalized spacial score (nSPS) is 16.9. The van der Waals surface area contributed by atoms with Crippen LogP contribution in [-0.2, 0) is 6.61 Å². The predicted molar refractivity (Wildman–Crippen MR) is 110 cm³/mol. The van der Waals surface area contributed by atoms with Crippen molar-refractivity contribution in [1.29, 1.82) is 0 Å². The molecule has 2 aliphatic rings. The van der Waals surface area contributed by atoms with Crippen LogP contribution in [-0.4, -0.2) is 26.4 Å². The molecule has 0 radical (unpaired) electrons. The molecule has 7 nitrogen and oxygen atoms in total. The Balaban J connectivity index is 1.68. The van der Waals surface area contributed by atoms with E-state index in [1.807, 2.05) is 0 Å². The van der Waals surface area contributed by atoms with Gasteiger partial charge in [-0.2, -0.15) is 0 Å². The van der Waals surface area contributed by atoms with E-state index in [1.165, 1.54) is 37.3 Å². The largest absolute Gasteiger partial charge is 0.496 e. The van der Waals surface area contributed by atoms with E-state index >= 15 is 0 Å². The molecule has 0 aliphatic carbocycles. The van der Waals surface area contributed by atoms with Crippen molar-refractivity contribution >= 4 is 23.3 Å². The minimum atomic E-state index is -1.07. The standard InChI is InChI=1S/C21H18ClF2N3O4/c1-29-16-6-5-13(23)19(24)11(16)10-31-18-9-15(12(22)8-17(18)30-2)27-20-14(26-21(27)28)4-3-7-25-20/h3-9,20,25H,10H2,1-2H3,(H,26,28). The van der Waals surface area contributed by atoms with Crippen molar-refractivity contribution in [3.63, 3.8) is 0 Å². The summed E-state index contributed by atoms with van der Waals surface area (Å²) in [6.07, 6.45) is 4.76. The number of carbonyl (C=O) groups excluding carboxylic acids is 1. The number of allylic oxidation sites excluding steroid dienone is 2. The van der Waals surface area contributed by atoms with Crippen LogP contribution in [0.25, 0.3) is 0 Å². The summed E-state index contributed by atoms with van der Waals surface area (Å²) in [5, 5.41) is 6.08. The van der Waals surface area contributed by atoms with Crippen LogP contribution in [0.2, 0.25) is 5.02 Å². The molecule has 2 heterocycles. The van der Waals surface area contributed by atoms with Gasteiger partial charge >= 0.3 is 6.03 Å². The molecule has 4 rings (SSSR count). The Hall–Kier alpha value is -3.46. The van der Waals surface area contributed by atoms with Gasteiger partial charge in [-0.25, -0.2) is 13.6 Å². The average molecular weight is 450 g/mol. The molecule has 2 amide bonds. The molecule has 0 aromatic heterocycles. The monoisotopic (exact) mass is 449 g/mol. The fraction of sp³-hybridized carbons (Fsp3) is 0.190. The van der Waals surface area contributed by atoms with Crippen molar-refractivity contribution in [1.82, 2.24) is 10.6 Å². The van der Waals surface area contributed by atoms with Crippen LogP contribution in [0.3, 0.4) is 0 Å². The average Bonchev–Trinajstić information content (AvgIpc) is 3.10. The molecular formula is C21H18ClF2N3O4. The van der Waals surface area contributed by atoms with Crippen LogP contribution in [0.5, 0.6) is 17.2 Å². The molecule has 2 aromatic carbocycles. The maximum absolute atomic E-state index is 14.3. The molecule has 0 bridgehead atoms. The van der Waals surface area contributed by atoms with Crippen molar-refractivity contribution in [2.75, 3.05) is 19.1 Å². The molecule has 31 heavy (non-hydrogen) atoms. The highest BCUT2D eigenvalue weighted by molar-refractivity contribution is 6.34. The minimum Gasteiger partial charge on any atom is -0.496 e. The SMILES string of the molecule is COc1cc(Cl)c(N2C(=O)NC3=CC=CNC32)cc1OCc1c(OC)ccc(F)c1F. The van der Waals surface area contributed by atoms with Crippen molar-refractivity contribution in [3.8, 4) is 17.2 Å². The van der Waals surface area contributed by atoms with Crippen LogP contribution in [0.4, 0.5) is 19.3 Å². The van der Waals surface area contributed by atoms with Gasteiger partial charge in [0, 0.05) is 12.1 Å². The number of fused-ring (bicyclic) bond motifs is 1. The number of dihydropyridines is 1. The smallest absolute Gasteiger partial charge is 0.328 e. The van der Waals surface area contributed by atoms with Gasteiger partial charge in [0.25, 0.3) is 0 Å². The summed E-state index contributed by atoms with van der Waals surface area (Å²) in [6.45, 7) is -0.341. The number of nitrogens with one attached hydrogen (secondary N) is 2. The maximum atomic E-state index is 14.3. The van der Waals surface area contributed by atoms with Gasteiger partial charge in [0.1, 0.15) is 18.5 Å². The van der Waals surface area contributed by atoms with E-state index < -0.39 is 17.8 Å². The van der Waals surface area contributed by atoms with E-state index in [-0.39, 0.29) is 40.5 Å². The summed E-state index contributed by atoms with van der Waals surface area (Å²) in [6, 6.07) is 4.89. The highest BCUT2D eigenvalue weighted by Gasteiger charge is 2.38. The van der Waals surface area contributed by atoms with E-state index in [1.54, 1.807) is 18.4 Å². The molecule has 2 aromatic rings. The first kappa shape index (κ1) is 20.8. The Bertz CT molecular complexity index is 1110. The number of anilines is 1. The summed E-state index contributed by atoms with van der Waals surface area (Å²) in [5.41, 5.74) is 0.913. The van der Waals surface area contributed by atoms with E-state index in [0.29, 0.717) is 11.4 Å². The molecule has 2 N–H and O–H groups in total. The number of hydrogen-bond acceptors (Lipinski definition) is 5. The molecule has 1 unspecified atom stereocenters. The van der Waals surface area contributed by atoms with Gasteiger partial charge in [0.2, 0.25) is 0 Å². The summed E-state index contributed by atoms with van der Waals surface area (Å²) in [5.74, 6) is -1.51. The van der Waals surface area contributed by atoms with Crippen LogP contribution in [0.15, 0.2) is 48.3 Å². The predicted octanol–water partition coefficient (Wildman–Crippen LogP) is 4.07. The van der Waals surface area contributed by atoms with Crippen LogP contribution in [0.1, 0.15) is 5.56 Å². The first-order chi connectivity index (χ1) is 14.9. The molecular weight excluding hydrogens is 432 g/mol. The third-order valence-electron chi connectivity index (χ3n) is 4.89. The van der Waals surface area contributed by atoms with Crippen molar-refractivity contribution in [3.05, 3.63) is 70.5 Å². The zero-order valence-electron chi connectivity index (χ0n) is 16.5. The molecule has 0 saturated carbocycles. The molecule has 10 heteroatoms. The number of urea groups is 1. The van der Waals surface area contributed by atoms with Crippen LogP contribution >= 0.6 is 11.6 Å². The number of methoxy groups -OCH3 is 2. The summed E-state index contributed by atoms with van der Waals surface area (Å²) >= 11 is 6.42. The van der Waals surface area contributed by atoms with Gasteiger partial charge in [-0.1, -0.05) is 11.6 Å². The third kappa shape index (κ3) is 3.72. The Morgan fingerprint density at radius 2 is 1.90 bits per heavy atom. The van der Waals surface area contributed by atoms with Gasteiger partial charge < -0.3 is 24.8 Å². The number of ether oxygens (including phenoxy) is 3.